The summed E-state index contributed by atoms with van der Waals surface area (Å²) in [6.45, 7) is 2.82. The van der Waals surface area contributed by atoms with Gasteiger partial charge in [0.15, 0.2) is 0 Å². The van der Waals surface area contributed by atoms with E-state index < -0.39 is 5.54 Å². The summed E-state index contributed by atoms with van der Waals surface area (Å²) < 4.78 is 0. The Labute approximate surface area is 84.6 Å². The zero-order valence-corrected chi connectivity index (χ0v) is 8.68. The lowest BCUT2D eigenvalue weighted by Gasteiger charge is -2.38. The minimum absolute atomic E-state index is 0.205. The Kier molecular flexibility index (Phi) is 2.49. The van der Waals surface area contributed by atoms with E-state index in [2.05, 4.69) is 17.6 Å². The van der Waals surface area contributed by atoms with Crippen molar-refractivity contribution in [3.05, 3.63) is 0 Å². The molecule has 2 aliphatic rings. The summed E-state index contributed by atoms with van der Waals surface area (Å²) in [5.74, 6) is -0.205. The van der Waals surface area contributed by atoms with Gasteiger partial charge in [-0.05, 0) is 32.6 Å². The van der Waals surface area contributed by atoms with E-state index in [9.17, 15) is 4.79 Å². The lowest BCUT2D eigenvalue weighted by Crippen LogP contribution is -2.65. The predicted molar refractivity (Wildman–Crippen MR) is 54.8 cm³/mol. The molecule has 4 heteroatoms. The van der Waals surface area contributed by atoms with Crippen molar-refractivity contribution in [2.45, 2.75) is 50.2 Å². The number of hydrogen-bond acceptors (Lipinski definition) is 3. The molecule has 0 aromatic carbocycles. The number of hydrogen-bond donors (Lipinski definition) is 3. The van der Waals surface area contributed by atoms with Crippen LogP contribution in [0.15, 0.2) is 0 Å². The van der Waals surface area contributed by atoms with Crippen LogP contribution in [0.2, 0.25) is 0 Å². The molecule has 80 valence electrons. The van der Waals surface area contributed by atoms with Gasteiger partial charge in [0.1, 0.15) is 5.54 Å². The van der Waals surface area contributed by atoms with Crippen LogP contribution < -0.4 is 16.4 Å². The Bertz CT molecular complexity index is 230. The Morgan fingerprint density at radius 3 is 2.64 bits per heavy atom. The van der Waals surface area contributed by atoms with Gasteiger partial charge in [-0.25, -0.2) is 0 Å². The van der Waals surface area contributed by atoms with Gasteiger partial charge in [0.2, 0.25) is 5.91 Å². The quantitative estimate of drug-likeness (QED) is 0.583. The molecule has 4 N–H and O–H groups in total. The van der Waals surface area contributed by atoms with E-state index in [0.29, 0.717) is 18.6 Å². The van der Waals surface area contributed by atoms with Crippen LogP contribution in [0.3, 0.4) is 0 Å². The maximum absolute atomic E-state index is 11.5. The average molecular weight is 197 g/mol. The summed E-state index contributed by atoms with van der Waals surface area (Å²) >= 11 is 0. The van der Waals surface area contributed by atoms with Crippen LogP contribution in [0.1, 0.15) is 32.6 Å². The van der Waals surface area contributed by atoms with Crippen molar-refractivity contribution in [2.24, 2.45) is 5.73 Å². The molecular formula is C10H19N3O. The third-order valence-corrected chi connectivity index (χ3v) is 3.29. The van der Waals surface area contributed by atoms with Crippen molar-refractivity contribution in [3.8, 4) is 0 Å². The van der Waals surface area contributed by atoms with Crippen LogP contribution in [0.5, 0.6) is 0 Å². The van der Waals surface area contributed by atoms with Crippen LogP contribution in [0.25, 0.3) is 0 Å². The van der Waals surface area contributed by atoms with Crippen LogP contribution in [-0.2, 0) is 4.79 Å². The summed E-state index contributed by atoms with van der Waals surface area (Å²) in [7, 11) is 0. The van der Waals surface area contributed by atoms with Gasteiger partial charge < -0.3 is 11.1 Å². The third-order valence-electron chi connectivity index (χ3n) is 3.29. The molecule has 0 aromatic heterocycles. The van der Waals surface area contributed by atoms with E-state index in [-0.39, 0.29) is 5.91 Å². The zero-order chi connectivity index (χ0) is 10.2. The number of nitrogens with two attached hydrogens (primary N) is 1. The molecule has 4 nitrogen and oxygen atoms in total. The molecule has 0 bridgehead atoms. The topological polar surface area (TPSA) is 67.1 Å². The van der Waals surface area contributed by atoms with E-state index in [1.807, 2.05) is 0 Å². The highest BCUT2D eigenvalue weighted by Gasteiger charge is 2.42. The predicted octanol–water partition coefficient (Wildman–Crippen LogP) is -0.266. The SMILES string of the molecule is CC1CCC(NC2CC2)(C(N)=O)CN1. The molecule has 14 heavy (non-hydrogen) atoms. The Hall–Kier alpha value is -0.610. The van der Waals surface area contributed by atoms with Crippen LogP contribution in [0, 0.1) is 0 Å². The largest absolute Gasteiger partial charge is 0.368 e. The maximum Gasteiger partial charge on any atom is 0.239 e. The number of piperidine rings is 1. The number of rotatable bonds is 3. The van der Waals surface area contributed by atoms with Gasteiger partial charge in [-0.1, -0.05) is 0 Å². The second kappa shape index (κ2) is 3.51. The van der Waals surface area contributed by atoms with Crippen molar-refractivity contribution >= 4 is 5.91 Å². The molecule has 2 atom stereocenters. The van der Waals surface area contributed by atoms with E-state index in [4.69, 9.17) is 5.73 Å². The van der Waals surface area contributed by atoms with Crippen molar-refractivity contribution in [1.82, 2.24) is 10.6 Å². The first-order valence-electron chi connectivity index (χ1n) is 5.43. The van der Waals surface area contributed by atoms with Crippen LogP contribution in [0.4, 0.5) is 0 Å². The van der Waals surface area contributed by atoms with Crippen LogP contribution in [-0.4, -0.2) is 30.1 Å². The molecule has 1 amide bonds. The fraction of sp³-hybridized carbons (Fsp3) is 0.900. The molecule has 1 aliphatic carbocycles. The standard InChI is InChI=1S/C10H19N3O/c1-7-4-5-10(6-12-7,9(11)14)13-8-2-3-8/h7-8,12-13H,2-6H2,1H3,(H2,11,14). The first-order valence-corrected chi connectivity index (χ1v) is 5.43. The summed E-state index contributed by atoms with van der Waals surface area (Å²) in [4.78, 5) is 11.5. The number of carbonyl (C=O) groups excluding carboxylic acids is 1. The van der Waals surface area contributed by atoms with Gasteiger partial charge in [-0.3, -0.25) is 10.1 Å². The summed E-state index contributed by atoms with van der Waals surface area (Å²) in [5.41, 5.74) is 5.00. The Balaban J connectivity index is 2.01. The lowest BCUT2D eigenvalue weighted by molar-refractivity contribution is -0.125. The fourth-order valence-corrected chi connectivity index (χ4v) is 2.02. The molecule has 2 unspecified atom stereocenters. The number of nitrogens with one attached hydrogen (secondary N) is 2. The molecule has 1 saturated heterocycles. The molecule has 0 spiro atoms. The highest BCUT2D eigenvalue weighted by atomic mass is 16.1. The van der Waals surface area contributed by atoms with Crippen molar-refractivity contribution < 1.29 is 4.79 Å². The molecule has 0 aromatic rings. The van der Waals surface area contributed by atoms with Gasteiger partial charge in [-0.2, -0.15) is 0 Å². The molecule has 2 fully saturated rings. The summed E-state index contributed by atoms with van der Waals surface area (Å²) in [6.07, 6.45) is 4.25. The molecule has 2 rings (SSSR count). The van der Waals surface area contributed by atoms with Crippen molar-refractivity contribution in [1.29, 1.82) is 0 Å². The molecule has 1 heterocycles. The van der Waals surface area contributed by atoms with Crippen LogP contribution >= 0.6 is 0 Å². The average Bonchev–Trinajstić information content (AvgIpc) is 2.93. The highest BCUT2D eigenvalue weighted by molar-refractivity contribution is 5.85. The fourth-order valence-electron chi connectivity index (χ4n) is 2.02. The normalized spacial score (nSPS) is 38.2. The Morgan fingerprint density at radius 1 is 1.50 bits per heavy atom. The molecule has 0 radical (unpaired) electrons. The monoisotopic (exact) mass is 197 g/mol. The van der Waals surface area contributed by atoms with Crippen molar-refractivity contribution in [3.63, 3.8) is 0 Å². The second-order valence-corrected chi connectivity index (χ2v) is 4.69. The minimum atomic E-state index is -0.478. The molecule has 1 aliphatic heterocycles. The van der Waals surface area contributed by atoms with Crippen molar-refractivity contribution in [2.75, 3.05) is 6.54 Å². The zero-order valence-electron chi connectivity index (χ0n) is 8.68. The Morgan fingerprint density at radius 2 is 2.21 bits per heavy atom. The number of primary amides is 1. The van der Waals surface area contributed by atoms with Gasteiger partial charge in [0.05, 0.1) is 0 Å². The van der Waals surface area contributed by atoms with E-state index in [0.717, 1.165) is 12.8 Å². The highest BCUT2D eigenvalue weighted by Crippen LogP contribution is 2.26. The minimum Gasteiger partial charge on any atom is -0.368 e. The summed E-state index contributed by atoms with van der Waals surface area (Å²) in [6, 6.07) is 1.03. The molecule has 1 saturated carbocycles. The van der Waals surface area contributed by atoms with Gasteiger partial charge in [-0.15, -0.1) is 0 Å². The van der Waals surface area contributed by atoms with Gasteiger partial charge in [0.25, 0.3) is 0 Å². The van der Waals surface area contributed by atoms with Gasteiger partial charge in [0, 0.05) is 18.6 Å². The van der Waals surface area contributed by atoms with E-state index in [1.165, 1.54) is 12.8 Å². The van der Waals surface area contributed by atoms with E-state index in [1.54, 1.807) is 0 Å². The van der Waals surface area contributed by atoms with E-state index >= 15 is 0 Å². The molecular weight excluding hydrogens is 178 g/mol. The second-order valence-electron chi connectivity index (χ2n) is 4.69. The number of amides is 1. The lowest BCUT2D eigenvalue weighted by atomic mass is 9.86. The first kappa shape index (κ1) is 9.93. The first-order chi connectivity index (χ1) is 6.62. The smallest absolute Gasteiger partial charge is 0.239 e. The maximum atomic E-state index is 11.5. The van der Waals surface area contributed by atoms with Gasteiger partial charge >= 0.3 is 0 Å². The summed E-state index contributed by atoms with van der Waals surface area (Å²) in [5, 5.41) is 6.71. The third kappa shape index (κ3) is 1.91. The number of carbonyl (C=O) groups is 1.